The number of nitrogens with one attached hydrogen (secondary N) is 9. The van der Waals surface area contributed by atoms with Crippen LogP contribution in [-0.2, 0) is 49.6 Å². The summed E-state index contributed by atoms with van der Waals surface area (Å²) in [7, 11) is 0. The van der Waals surface area contributed by atoms with Crippen LogP contribution < -0.4 is 71.2 Å². The number of hydrogen-bond acceptors (Lipinski definition) is 12. The standard InChI is InChI=1S/C36H56N12O10.C9H9N.C4H11N3/c1-20-30(52)48-27(35(57)58)18-28(50)40-15-7-6-11-23(44-29(51)19-42-21(2)49)32(54)46-25(13-14-37)33(55)47-26(17-22-9-4-3-5-10-22)34(56)45-24(31(53)43-20)12-8-16-41-36(38)39;1-7-6-10-9-5-3-2-4-8(7)9;1-2-3-7-4(5)6/h3-5,9-10,20,23-27H,6-8,11-19,37H2,1-2H3,(H,40,50)(H,42,49)(H,43,53)(H,44,51)(H,45,56)(H,46,54)(H,47,55)(H,48,52)(H,57,58)(H4,38,39,41);2-6,10H,1H3;2-3H2,1H3,(H4,5,6,7)/t20-,23?,24-,25-,26?,27?;;/m0../s1. The van der Waals surface area contributed by atoms with Gasteiger partial charge in [-0.2, -0.15) is 0 Å². The predicted molar refractivity (Wildman–Crippen MR) is 283 cm³/mol. The van der Waals surface area contributed by atoms with Crippen LogP contribution in [-0.4, -0.2) is 144 Å². The van der Waals surface area contributed by atoms with Crippen LogP contribution in [0.1, 0.15) is 83.3 Å². The number of carboxylic acids is 1. The average molecular weight is 1050 g/mol. The van der Waals surface area contributed by atoms with Gasteiger partial charge in [-0.05, 0) is 82.5 Å². The van der Waals surface area contributed by atoms with Crippen LogP contribution in [0.3, 0.4) is 0 Å². The number of hydrogen-bond donors (Lipinski definition) is 15. The normalized spacial score (nSPS) is 20.2. The minimum Gasteiger partial charge on any atom is -0.480 e. The molecular weight excluding hydrogens is 973 g/mol. The molecule has 1 aromatic heterocycles. The van der Waals surface area contributed by atoms with E-state index in [4.69, 9.17) is 28.7 Å². The lowest BCUT2D eigenvalue weighted by Gasteiger charge is -2.27. The van der Waals surface area contributed by atoms with E-state index in [0.29, 0.717) is 5.56 Å². The summed E-state index contributed by atoms with van der Waals surface area (Å²) in [6, 6.07) is 8.77. The zero-order chi connectivity index (χ0) is 55.9. The van der Waals surface area contributed by atoms with Gasteiger partial charge in [0.15, 0.2) is 11.9 Å². The Labute approximate surface area is 435 Å². The topological polar surface area (TPSA) is 441 Å². The van der Waals surface area contributed by atoms with Gasteiger partial charge < -0.3 is 81.3 Å². The Kier molecular flexibility index (Phi) is 28.6. The summed E-state index contributed by atoms with van der Waals surface area (Å²) in [6.07, 6.45) is 2.89. The first-order chi connectivity index (χ1) is 35.6. The second-order valence-corrected chi connectivity index (χ2v) is 17.4. The van der Waals surface area contributed by atoms with Crippen LogP contribution in [0.5, 0.6) is 0 Å². The molecule has 0 spiro atoms. The van der Waals surface area contributed by atoms with Gasteiger partial charge in [0, 0.05) is 50.1 Å². The van der Waals surface area contributed by atoms with Crippen LogP contribution in [0.2, 0.25) is 0 Å². The molecule has 4 rings (SSSR count). The molecule has 2 heterocycles. The number of carboxylic acid groups (broad SMARTS) is 1. The monoisotopic (exact) mass is 1050 g/mol. The third-order valence-electron chi connectivity index (χ3n) is 11.0. The van der Waals surface area contributed by atoms with Gasteiger partial charge in [0.25, 0.3) is 0 Å². The number of benzene rings is 2. The van der Waals surface area contributed by atoms with Gasteiger partial charge in [-0.25, -0.2) is 4.79 Å². The average Bonchev–Trinajstić information content (AvgIpc) is 3.74. The smallest absolute Gasteiger partial charge is 0.326 e. The molecule has 2 aromatic carbocycles. The molecule has 3 aromatic rings. The number of nitrogens with zero attached hydrogens (tertiary/aromatic N) is 2. The maximum Gasteiger partial charge on any atom is 0.326 e. The van der Waals surface area contributed by atoms with E-state index < -0.39 is 102 Å². The fraction of sp³-hybridized carbons (Fsp3) is 0.490. The Morgan fingerprint density at radius 1 is 0.747 bits per heavy atom. The molecule has 0 radical (unpaired) electrons. The molecule has 0 bridgehead atoms. The molecule has 75 heavy (non-hydrogen) atoms. The second-order valence-electron chi connectivity index (χ2n) is 17.4. The van der Waals surface area contributed by atoms with Crippen molar-refractivity contribution >= 4 is 76.0 Å². The Hall–Kier alpha value is -8.29. The van der Waals surface area contributed by atoms with Crippen molar-refractivity contribution in [1.82, 2.24) is 47.5 Å². The summed E-state index contributed by atoms with van der Waals surface area (Å²) in [5.41, 5.74) is 29.8. The number of guanidine groups is 2. The first-order valence-corrected chi connectivity index (χ1v) is 24.6. The number of amides is 8. The Morgan fingerprint density at radius 3 is 1.96 bits per heavy atom. The molecule has 1 fully saturated rings. The molecule has 3 unspecified atom stereocenters. The summed E-state index contributed by atoms with van der Waals surface area (Å²) in [5, 5.41) is 31.0. The Balaban J connectivity index is 0.000000944. The van der Waals surface area contributed by atoms with E-state index in [1.807, 2.05) is 19.2 Å². The second kappa shape index (κ2) is 34.2. The third-order valence-corrected chi connectivity index (χ3v) is 11.0. The fourth-order valence-corrected chi connectivity index (χ4v) is 7.10. The van der Waals surface area contributed by atoms with Gasteiger partial charge in [-0.15, -0.1) is 0 Å². The number of H-pyrrole nitrogens is 1. The number of fused-ring (bicyclic) bond motifs is 1. The van der Waals surface area contributed by atoms with Crippen LogP contribution in [0.25, 0.3) is 10.9 Å². The maximum absolute atomic E-state index is 14.0. The minimum absolute atomic E-state index is 0.0147. The lowest BCUT2D eigenvalue weighted by Crippen LogP contribution is -2.60. The van der Waals surface area contributed by atoms with Crippen molar-refractivity contribution in [3.63, 3.8) is 0 Å². The van der Waals surface area contributed by atoms with Gasteiger partial charge >= 0.3 is 5.97 Å². The number of aliphatic carboxylic acids is 1. The Morgan fingerprint density at radius 2 is 1.35 bits per heavy atom. The number of aromatic amines is 1. The van der Waals surface area contributed by atoms with E-state index in [2.05, 4.69) is 82.6 Å². The van der Waals surface area contributed by atoms with Gasteiger partial charge in [-0.1, -0.05) is 55.5 Å². The van der Waals surface area contributed by atoms with Gasteiger partial charge in [0.1, 0.15) is 36.3 Å². The quantitative estimate of drug-likeness (QED) is 0.0455. The number of aliphatic imine (C=N–C) groups is 2. The number of aryl methyl sites for hydroxylation is 1. The highest BCUT2D eigenvalue weighted by atomic mass is 16.4. The van der Waals surface area contributed by atoms with E-state index in [-0.39, 0.29) is 76.5 Å². The van der Waals surface area contributed by atoms with Crippen molar-refractivity contribution < 1.29 is 48.3 Å². The van der Waals surface area contributed by atoms with Crippen molar-refractivity contribution in [2.24, 2.45) is 38.7 Å². The molecule has 412 valence electrons. The van der Waals surface area contributed by atoms with E-state index >= 15 is 0 Å². The molecule has 1 aliphatic rings. The number of rotatable bonds is 14. The van der Waals surface area contributed by atoms with Crippen molar-refractivity contribution in [1.29, 1.82) is 0 Å². The summed E-state index contributed by atoms with van der Waals surface area (Å²) < 4.78 is 0. The lowest BCUT2D eigenvalue weighted by molar-refractivity contribution is -0.144. The van der Waals surface area contributed by atoms with Gasteiger partial charge in [-0.3, -0.25) is 48.3 Å². The van der Waals surface area contributed by atoms with Crippen molar-refractivity contribution in [2.45, 2.75) is 122 Å². The molecule has 8 amide bonds. The molecule has 1 saturated heterocycles. The van der Waals surface area contributed by atoms with E-state index in [0.717, 1.165) is 13.0 Å². The zero-order valence-corrected chi connectivity index (χ0v) is 43.0. The summed E-state index contributed by atoms with van der Waals surface area (Å²) in [5.74, 6) is -7.60. The summed E-state index contributed by atoms with van der Waals surface area (Å²) >= 11 is 0. The number of aromatic nitrogens is 1. The van der Waals surface area contributed by atoms with E-state index in [1.165, 1.54) is 30.3 Å². The summed E-state index contributed by atoms with van der Waals surface area (Å²) in [6.45, 7) is 6.95. The number of nitrogens with two attached hydrogens (primary N) is 5. The highest BCUT2D eigenvalue weighted by Gasteiger charge is 2.33. The van der Waals surface area contributed by atoms with E-state index in [9.17, 15) is 48.3 Å². The van der Waals surface area contributed by atoms with Crippen LogP contribution >= 0.6 is 0 Å². The first kappa shape index (κ1) is 62.8. The first-order valence-electron chi connectivity index (χ1n) is 24.6. The fourth-order valence-electron chi connectivity index (χ4n) is 7.10. The molecular formula is C49H76N16O10. The van der Waals surface area contributed by atoms with Crippen molar-refractivity contribution in [2.75, 3.05) is 32.7 Å². The van der Waals surface area contributed by atoms with Crippen LogP contribution in [0, 0.1) is 6.92 Å². The molecule has 26 heteroatoms. The highest BCUT2D eigenvalue weighted by Crippen LogP contribution is 2.15. The van der Waals surface area contributed by atoms with Crippen molar-refractivity contribution in [3.05, 3.63) is 71.9 Å². The predicted octanol–water partition coefficient (Wildman–Crippen LogP) is -2.38. The molecule has 6 atom stereocenters. The largest absolute Gasteiger partial charge is 0.480 e. The van der Waals surface area contributed by atoms with E-state index in [1.54, 1.807) is 30.3 Å². The minimum atomic E-state index is -1.67. The number of carbonyl (C=O) groups is 9. The highest BCUT2D eigenvalue weighted by molar-refractivity contribution is 5.97. The number of para-hydroxylation sites is 1. The number of carbonyl (C=O) groups excluding carboxylic acids is 8. The molecule has 20 N–H and O–H groups in total. The maximum atomic E-state index is 14.0. The van der Waals surface area contributed by atoms with Crippen molar-refractivity contribution in [3.8, 4) is 0 Å². The summed E-state index contributed by atoms with van der Waals surface area (Å²) in [4.78, 5) is 128. The van der Waals surface area contributed by atoms with Crippen LogP contribution in [0.15, 0.2) is 70.8 Å². The molecule has 1 aliphatic heterocycles. The van der Waals surface area contributed by atoms with Crippen LogP contribution in [0.4, 0.5) is 0 Å². The zero-order valence-electron chi connectivity index (χ0n) is 43.0. The van der Waals surface area contributed by atoms with Gasteiger partial charge in [0.05, 0.1) is 13.0 Å². The Bertz CT molecular complexity index is 2410. The SMILES string of the molecule is CC(=O)NCC(=O)NC1CCCCNC(=O)CC(C(=O)O)NC(=O)[C@H](C)NC(=O)[C@H](CCCN=C(N)N)NC(=O)C(Cc2ccccc2)NC(=O)[C@H](CCN)NC1=O.CCCN=C(N)N.Cc1c[nH]c2ccccc12. The molecule has 0 saturated carbocycles. The third kappa shape index (κ3) is 25.3. The lowest BCUT2D eigenvalue weighted by atomic mass is 10.0. The molecule has 26 nitrogen and oxygen atoms in total. The molecule has 0 aliphatic carbocycles. The van der Waals surface area contributed by atoms with Gasteiger partial charge in [0.2, 0.25) is 47.3 Å².